The molecule has 0 amide bonds. The van der Waals surface area contributed by atoms with Crippen LogP contribution >= 0.6 is 0 Å². The van der Waals surface area contributed by atoms with Crippen LogP contribution in [0.5, 0.6) is 0 Å². The van der Waals surface area contributed by atoms with Gasteiger partial charge in [0, 0.05) is 31.2 Å². The predicted molar refractivity (Wildman–Crippen MR) is 67.1 cm³/mol. The maximum Gasteiger partial charge on any atom is 0.0235 e. The summed E-state index contributed by atoms with van der Waals surface area (Å²) in [7, 11) is 0. The summed E-state index contributed by atoms with van der Waals surface area (Å²) < 4.78 is 0. The van der Waals surface area contributed by atoms with Gasteiger partial charge in [-0.25, -0.2) is 0 Å². The molecule has 1 rings (SSSR count). The molecular weight excluding hydrogens is 184 g/mol. The first-order valence-corrected chi connectivity index (χ1v) is 6.42. The average molecular weight is 212 g/mol. The van der Waals surface area contributed by atoms with Gasteiger partial charge in [-0.1, -0.05) is 20.8 Å². The van der Waals surface area contributed by atoms with Gasteiger partial charge >= 0.3 is 0 Å². The Morgan fingerprint density at radius 1 is 1.07 bits per heavy atom. The lowest BCUT2D eigenvalue weighted by Crippen LogP contribution is -2.43. The van der Waals surface area contributed by atoms with E-state index in [1.165, 1.54) is 13.1 Å². The van der Waals surface area contributed by atoms with E-state index in [4.69, 9.17) is 0 Å². The van der Waals surface area contributed by atoms with Crippen molar-refractivity contribution in [3.05, 3.63) is 0 Å². The molecular formula is C13H28N2. The van der Waals surface area contributed by atoms with Crippen molar-refractivity contribution < 1.29 is 0 Å². The zero-order valence-electron chi connectivity index (χ0n) is 11.2. The van der Waals surface area contributed by atoms with E-state index in [1.54, 1.807) is 0 Å². The van der Waals surface area contributed by atoms with E-state index < -0.39 is 0 Å². The Bertz CT molecular complexity index is 189. The lowest BCUT2D eigenvalue weighted by molar-refractivity contribution is 0.260. The highest BCUT2D eigenvalue weighted by molar-refractivity contribution is 4.89. The minimum absolute atomic E-state index is 0.629. The molecule has 3 atom stereocenters. The standard InChI is InChI=1S/C13H28N2/c1-9(2)12(6)14-13-8-15(10(3)4)7-11(13)5/h9-14H,7-8H2,1-6H3. The maximum atomic E-state index is 3.77. The van der Waals surface area contributed by atoms with E-state index in [-0.39, 0.29) is 0 Å². The molecule has 0 aromatic carbocycles. The van der Waals surface area contributed by atoms with Crippen LogP contribution in [0.3, 0.4) is 0 Å². The van der Waals surface area contributed by atoms with Crippen LogP contribution in [0.1, 0.15) is 41.5 Å². The van der Waals surface area contributed by atoms with E-state index in [1.807, 2.05) is 0 Å². The summed E-state index contributed by atoms with van der Waals surface area (Å²) in [5.74, 6) is 1.51. The van der Waals surface area contributed by atoms with Crippen molar-refractivity contribution in [1.82, 2.24) is 10.2 Å². The zero-order chi connectivity index (χ0) is 11.6. The largest absolute Gasteiger partial charge is 0.310 e. The topological polar surface area (TPSA) is 15.3 Å². The first kappa shape index (κ1) is 13.0. The quantitative estimate of drug-likeness (QED) is 0.769. The van der Waals surface area contributed by atoms with Gasteiger partial charge in [-0.3, -0.25) is 4.90 Å². The first-order chi connectivity index (χ1) is 6.91. The first-order valence-electron chi connectivity index (χ1n) is 6.42. The Morgan fingerprint density at radius 2 is 1.67 bits per heavy atom. The molecule has 1 heterocycles. The van der Waals surface area contributed by atoms with Crippen molar-refractivity contribution in [2.45, 2.75) is 59.7 Å². The van der Waals surface area contributed by atoms with Crippen molar-refractivity contribution in [3.63, 3.8) is 0 Å². The predicted octanol–water partition coefficient (Wildman–Crippen LogP) is 2.35. The average Bonchev–Trinajstić information content (AvgIpc) is 2.47. The van der Waals surface area contributed by atoms with Crippen LogP contribution in [0, 0.1) is 11.8 Å². The monoisotopic (exact) mass is 212 g/mol. The highest BCUT2D eigenvalue weighted by atomic mass is 15.2. The number of hydrogen-bond donors (Lipinski definition) is 1. The number of hydrogen-bond acceptors (Lipinski definition) is 2. The van der Waals surface area contributed by atoms with Gasteiger partial charge in [-0.05, 0) is 32.6 Å². The van der Waals surface area contributed by atoms with Crippen molar-refractivity contribution in [1.29, 1.82) is 0 Å². The van der Waals surface area contributed by atoms with Gasteiger partial charge in [0.25, 0.3) is 0 Å². The second-order valence-electron chi connectivity index (χ2n) is 5.83. The van der Waals surface area contributed by atoms with Crippen LogP contribution in [0.2, 0.25) is 0 Å². The normalized spacial score (nSPS) is 30.4. The molecule has 0 aliphatic carbocycles. The minimum atomic E-state index is 0.629. The Morgan fingerprint density at radius 3 is 2.07 bits per heavy atom. The molecule has 2 heteroatoms. The van der Waals surface area contributed by atoms with Crippen molar-refractivity contribution in [2.75, 3.05) is 13.1 Å². The molecule has 0 bridgehead atoms. The van der Waals surface area contributed by atoms with Crippen LogP contribution in [-0.4, -0.2) is 36.1 Å². The summed E-state index contributed by atoms with van der Waals surface area (Å²) in [5, 5.41) is 3.77. The molecule has 0 saturated carbocycles. The smallest absolute Gasteiger partial charge is 0.0235 e. The van der Waals surface area contributed by atoms with E-state index >= 15 is 0 Å². The fourth-order valence-corrected chi connectivity index (χ4v) is 2.17. The Hall–Kier alpha value is -0.0800. The summed E-state index contributed by atoms with van der Waals surface area (Å²) in [5.41, 5.74) is 0. The second kappa shape index (κ2) is 5.31. The highest BCUT2D eigenvalue weighted by Gasteiger charge is 2.31. The summed E-state index contributed by atoms with van der Waals surface area (Å²) in [6.07, 6.45) is 0. The third-order valence-corrected chi connectivity index (χ3v) is 3.85. The maximum absolute atomic E-state index is 3.77. The lowest BCUT2D eigenvalue weighted by Gasteiger charge is -2.25. The van der Waals surface area contributed by atoms with Gasteiger partial charge in [0.2, 0.25) is 0 Å². The van der Waals surface area contributed by atoms with E-state index in [0.29, 0.717) is 18.1 Å². The van der Waals surface area contributed by atoms with Crippen LogP contribution in [0.15, 0.2) is 0 Å². The van der Waals surface area contributed by atoms with E-state index in [2.05, 4.69) is 51.8 Å². The number of likely N-dealkylation sites (tertiary alicyclic amines) is 1. The molecule has 1 N–H and O–H groups in total. The molecule has 15 heavy (non-hydrogen) atoms. The summed E-state index contributed by atoms with van der Waals surface area (Å²) >= 11 is 0. The molecule has 1 saturated heterocycles. The Kier molecular flexibility index (Phi) is 4.60. The Balaban J connectivity index is 2.43. The number of rotatable bonds is 4. The van der Waals surface area contributed by atoms with Crippen molar-refractivity contribution >= 4 is 0 Å². The molecule has 2 nitrogen and oxygen atoms in total. The molecule has 90 valence electrons. The van der Waals surface area contributed by atoms with Gasteiger partial charge in [0.05, 0.1) is 0 Å². The highest BCUT2D eigenvalue weighted by Crippen LogP contribution is 2.19. The van der Waals surface area contributed by atoms with Crippen LogP contribution in [0.25, 0.3) is 0 Å². The number of nitrogens with zero attached hydrogens (tertiary/aromatic N) is 1. The Labute approximate surface area is 95.4 Å². The van der Waals surface area contributed by atoms with Gasteiger partial charge in [-0.2, -0.15) is 0 Å². The van der Waals surface area contributed by atoms with Crippen LogP contribution in [-0.2, 0) is 0 Å². The van der Waals surface area contributed by atoms with Gasteiger partial charge in [-0.15, -0.1) is 0 Å². The molecule has 0 aromatic heterocycles. The van der Waals surface area contributed by atoms with E-state index in [9.17, 15) is 0 Å². The lowest BCUT2D eigenvalue weighted by atomic mass is 10.0. The fourth-order valence-electron chi connectivity index (χ4n) is 2.17. The number of nitrogens with one attached hydrogen (secondary N) is 1. The van der Waals surface area contributed by atoms with Gasteiger partial charge in [0.15, 0.2) is 0 Å². The van der Waals surface area contributed by atoms with Crippen molar-refractivity contribution in [3.8, 4) is 0 Å². The molecule has 0 spiro atoms. The third kappa shape index (κ3) is 3.46. The minimum Gasteiger partial charge on any atom is -0.310 e. The van der Waals surface area contributed by atoms with Crippen LogP contribution < -0.4 is 5.32 Å². The van der Waals surface area contributed by atoms with Crippen molar-refractivity contribution in [2.24, 2.45) is 11.8 Å². The van der Waals surface area contributed by atoms with Crippen LogP contribution in [0.4, 0.5) is 0 Å². The van der Waals surface area contributed by atoms with Gasteiger partial charge in [0.1, 0.15) is 0 Å². The second-order valence-corrected chi connectivity index (χ2v) is 5.83. The van der Waals surface area contributed by atoms with Gasteiger partial charge < -0.3 is 5.32 Å². The summed E-state index contributed by atoms with van der Waals surface area (Å²) in [6.45, 7) is 16.3. The summed E-state index contributed by atoms with van der Waals surface area (Å²) in [4.78, 5) is 2.58. The molecule has 0 aromatic rings. The SMILES string of the molecule is CC(C)C(C)NC1CN(C(C)C)CC1C. The molecule has 3 unspecified atom stereocenters. The van der Waals surface area contributed by atoms with E-state index in [0.717, 1.165) is 11.8 Å². The fraction of sp³-hybridized carbons (Fsp3) is 1.00. The summed E-state index contributed by atoms with van der Waals surface area (Å²) in [6, 6.07) is 2.00. The molecule has 1 aliphatic rings. The molecule has 0 radical (unpaired) electrons. The zero-order valence-corrected chi connectivity index (χ0v) is 11.2. The molecule has 1 aliphatic heterocycles. The third-order valence-electron chi connectivity index (χ3n) is 3.85. The molecule has 1 fully saturated rings.